The molecule has 3 aliphatic rings. The number of rotatable bonds is 4. The van der Waals surface area contributed by atoms with E-state index in [0.29, 0.717) is 36.8 Å². The Hall–Kier alpha value is -1.09. The van der Waals surface area contributed by atoms with Gasteiger partial charge in [-0.25, -0.2) is 8.42 Å². The van der Waals surface area contributed by atoms with Crippen molar-refractivity contribution in [3.8, 4) is 0 Å². The van der Waals surface area contributed by atoms with Crippen LogP contribution in [0.3, 0.4) is 0 Å². The number of fused-ring (bicyclic) bond motifs is 2. The Morgan fingerprint density at radius 1 is 1.21 bits per heavy atom. The first-order valence-corrected chi connectivity index (χ1v) is 11.5. The maximum absolute atomic E-state index is 13.0. The second-order valence-electron chi connectivity index (χ2n) is 8.56. The molecule has 9 heteroatoms. The van der Waals surface area contributed by atoms with Crippen LogP contribution in [0.25, 0.3) is 0 Å². The number of amides is 1. The van der Waals surface area contributed by atoms with Crippen LogP contribution >= 0.6 is 12.4 Å². The maximum atomic E-state index is 13.0. The molecule has 0 spiro atoms. The number of sulfonamides is 1. The fraction of sp³-hybridized carbons (Fsp3) is 0.737. The molecule has 7 nitrogen and oxygen atoms in total. The number of aryl methyl sites for hydroxylation is 1. The minimum Gasteiger partial charge on any atom is -0.348 e. The average Bonchev–Trinajstić information content (AvgIpc) is 3.17. The van der Waals surface area contributed by atoms with Crippen LogP contribution in [0.4, 0.5) is 0 Å². The number of hydrogen-bond acceptors (Lipinski definition) is 4. The van der Waals surface area contributed by atoms with Crippen LogP contribution in [-0.2, 0) is 17.1 Å². The second kappa shape index (κ2) is 8.34. The fourth-order valence-corrected chi connectivity index (χ4v) is 6.52. The van der Waals surface area contributed by atoms with Gasteiger partial charge in [-0.3, -0.25) is 4.79 Å². The van der Waals surface area contributed by atoms with E-state index in [2.05, 4.69) is 17.6 Å². The van der Waals surface area contributed by atoms with E-state index in [1.807, 2.05) is 0 Å². The molecule has 0 aliphatic carbocycles. The summed E-state index contributed by atoms with van der Waals surface area (Å²) in [6.45, 7) is 3.19. The monoisotopic (exact) mass is 430 g/mol. The Kier molecular flexibility index (Phi) is 6.44. The summed E-state index contributed by atoms with van der Waals surface area (Å²) in [6.07, 6.45) is 7.77. The summed E-state index contributed by atoms with van der Waals surface area (Å²) in [5.41, 5.74) is 0.407. The zero-order valence-corrected chi connectivity index (χ0v) is 18.2. The predicted molar refractivity (Wildman–Crippen MR) is 110 cm³/mol. The number of carbonyl (C=O) groups excluding carboxylic acids is 1. The Morgan fingerprint density at radius 2 is 1.89 bits per heavy atom. The van der Waals surface area contributed by atoms with Crippen molar-refractivity contribution in [1.29, 1.82) is 0 Å². The van der Waals surface area contributed by atoms with Crippen LogP contribution in [0.15, 0.2) is 17.2 Å². The van der Waals surface area contributed by atoms with Gasteiger partial charge in [-0.1, -0.05) is 6.92 Å². The third kappa shape index (κ3) is 4.25. The predicted octanol–water partition coefficient (Wildman–Crippen LogP) is 1.88. The van der Waals surface area contributed by atoms with Crippen molar-refractivity contribution in [1.82, 2.24) is 19.5 Å². The highest BCUT2D eigenvalue weighted by Gasteiger charge is 2.35. The van der Waals surface area contributed by atoms with Crippen LogP contribution in [0, 0.1) is 5.92 Å². The van der Waals surface area contributed by atoms with E-state index in [4.69, 9.17) is 0 Å². The van der Waals surface area contributed by atoms with Gasteiger partial charge in [-0.15, -0.1) is 12.4 Å². The molecule has 158 valence electrons. The fourth-order valence-electron chi connectivity index (χ4n) is 4.85. The molecule has 0 aromatic carbocycles. The summed E-state index contributed by atoms with van der Waals surface area (Å²) in [7, 11) is -1.81. The van der Waals surface area contributed by atoms with Gasteiger partial charge >= 0.3 is 0 Å². The maximum Gasteiger partial charge on any atom is 0.268 e. The summed E-state index contributed by atoms with van der Waals surface area (Å²) in [6, 6.07) is 2.69. The lowest BCUT2D eigenvalue weighted by atomic mass is 10.00. The Bertz CT molecular complexity index is 813. The number of carbonyl (C=O) groups is 1. The van der Waals surface area contributed by atoms with Crippen LogP contribution in [0.2, 0.25) is 0 Å². The van der Waals surface area contributed by atoms with E-state index in [9.17, 15) is 13.2 Å². The topological polar surface area (TPSA) is 83.4 Å². The lowest BCUT2D eigenvalue weighted by Gasteiger charge is -2.29. The van der Waals surface area contributed by atoms with Gasteiger partial charge in [0.1, 0.15) is 10.6 Å². The number of halogens is 1. The van der Waals surface area contributed by atoms with Gasteiger partial charge in [0, 0.05) is 44.5 Å². The first-order chi connectivity index (χ1) is 12.8. The van der Waals surface area contributed by atoms with Crippen LogP contribution < -0.4 is 10.6 Å². The lowest BCUT2D eigenvalue weighted by Crippen LogP contribution is -2.48. The molecule has 3 fully saturated rings. The van der Waals surface area contributed by atoms with E-state index >= 15 is 0 Å². The third-order valence-corrected chi connectivity index (χ3v) is 8.11. The van der Waals surface area contributed by atoms with Crippen LogP contribution in [-0.4, -0.2) is 54.4 Å². The molecule has 2 N–H and O–H groups in total. The zero-order chi connectivity index (χ0) is 19.2. The van der Waals surface area contributed by atoms with Crippen molar-refractivity contribution >= 4 is 28.3 Å². The number of piperidine rings is 2. The smallest absolute Gasteiger partial charge is 0.268 e. The van der Waals surface area contributed by atoms with E-state index in [0.717, 1.165) is 25.7 Å². The minimum absolute atomic E-state index is 0. The van der Waals surface area contributed by atoms with Crippen molar-refractivity contribution in [2.45, 2.75) is 68.5 Å². The molecule has 3 saturated heterocycles. The summed E-state index contributed by atoms with van der Waals surface area (Å²) < 4.78 is 29.1. The summed E-state index contributed by atoms with van der Waals surface area (Å²) in [5.74, 6) is 0.188. The summed E-state index contributed by atoms with van der Waals surface area (Å²) >= 11 is 0. The van der Waals surface area contributed by atoms with E-state index in [1.165, 1.54) is 18.9 Å². The van der Waals surface area contributed by atoms with Crippen molar-refractivity contribution in [3.63, 3.8) is 0 Å². The number of nitrogens with zero attached hydrogens (tertiary/aromatic N) is 2. The largest absolute Gasteiger partial charge is 0.348 e. The average molecular weight is 431 g/mol. The van der Waals surface area contributed by atoms with E-state index in [-0.39, 0.29) is 29.3 Å². The Labute approximate surface area is 173 Å². The van der Waals surface area contributed by atoms with Gasteiger partial charge in [0.15, 0.2) is 0 Å². The normalized spacial score (nSPS) is 30.6. The Balaban J connectivity index is 0.00000225. The molecular formula is C19H31ClN4O3S. The summed E-state index contributed by atoms with van der Waals surface area (Å²) in [4.78, 5) is 13.0. The van der Waals surface area contributed by atoms with Crippen LogP contribution in [0.5, 0.6) is 0 Å². The minimum atomic E-state index is -3.55. The molecule has 3 unspecified atom stereocenters. The lowest BCUT2D eigenvalue weighted by molar-refractivity contribution is 0.0915. The first kappa shape index (κ1) is 21.6. The molecule has 1 aromatic heterocycles. The Morgan fingerprint density at radius 3 is 2.54 bits per heavy atom. The molecule has 1 amide bonds. The standard InChI is InChI=1S/C19H30N4O3S.ClH/c1-13-4-3-7-23(11-13)27(25,26)17-10-18(22(2)12-17)19(24)21-16-8-14-5-6-15(9-16)20-14;/h10,12-16,20H,3-9,11H2,1-2H3,(H,21,24);1H. The second-order valence-corrected chi connectivity index (χ2v) is 10.5. The third-order valence-electron chi connectivity index (χ3n) is 6.28. The number of hydrogen-bond donors (Lipinski definition) is 2. The highest BCUT2D eigenvalue weighted by molar-refractivity contribution is 7.89. The highest BCUT2D eigenvalue weighted by atomic mass is 35.5. The number of aromatic nitrogens is 1. The molecule has 0 saturated carbocycles. The molecule has 2 bridgehead atoms. The van der Waals surface area contributed by atoms with Gasteiger partial charge in [0.25, 0.3) is 5.91 Å². The van der Waals surface area contributed by atoms with Crippen molar-refractivity contribution < 1.29 is 13.2 Å². The molecule has 0 radical (unpaired) electrons. The van der Waals surface area contributed by atoms with Gasteiger partial charge in [0.2, 0.25) is 10.0 Å². The molecule has 4 heterocycles. The van der Waals surface area contributed by atoms with Gasteiger partial charge in [-0.05, 0) is 50.5 Å². The van der Waals surface area contributed by atoms with Gasteiger partial charge in [-0.2, -0.15) is 4.31 Å². The first-order valence-electron chi connectivity index (χ1n) is 10.1. The highest BCUT2D eigenvalue weighted by Crippen LogP contribution is 2.28. The van der Waals surface area contributed by atoms with Gasteiger partial charge < -0.3 is 15.2 Å². The molecule has 28 heavy (non-hydrogen) atoms. The van der Waals surface area contributed by atoms with E-state index < -0.39 is 10.0 Å². The van der Waals surface area contributed by atoms with Gasteiger partial charge in [0.05, 0.1) is 0 Å². The van der Waals surface area contributed by atoms with E-state index in [1.54, 1.807) is 22.1 Å². The molecule has 3 atom stereocenters. The zero-order valence-electron chi connectivity index (χ0n) is 16.6. The molecular weight excluding hydrogens is 400 g/mol. The quantitative estimate of drug-likeness (QED) is 0.763. The SMILES string of the molecule is CC1CCCN(S(=O)(=O)c2cc(C(=O)NC3CC4CCC(C3)N4)n(C)c2)C1.Cl. The molecule has 4 rings (SSSR count). The van der Waals surface area contributed by atoms with Crippen molar-refractivity contribution in [2.24, 2.45) is 13.0 Å². The summed E-state index contributed by atoms with van der Waals surface area (Å²) in [5, 5.41) is 6.69. The van der Waals surface area contributed by atoms with Crippen molar-refractivity contribution in [2.75, 3.05) is 13.1 Å². The van der Waals surface area contributed by atoms with Crippen molar-refractivity contribution in [3.05, 3.63) is 18.0 Å². The molecule has 1 aromatic rings. The number of nitrogens with one attached hydrogen (secondary N) is 2. The molecule has 3 aliphatic heterocycles. The van der Waals surface area contributed by atoms with Crippen LogP contribution in [0.1, 0.15) is 55.9 Å².